The van der Waals surface area contributed by atoms with E-state index in [-0.39, 0.29) is 11.9 Å². The Morgan fingerprint density at radius 2 is 1.88 bits per heavy atom. The number of hydrogen-bond acceptors (Lipinski definition) is 3. The van der Waals surface area contributed by atoms with E-state index >= 15 is 0 Å². The number of ether oxygens (including phenoxy) is 2. The van der Waals surface area contributed by atoms with Crippen molar-refractivity contribution in [2.45, 2.75) is 39.3 Å². The molecule has 2 aromatic carbocycles. The lowest BCUT2D eigenvalue weighted by Gasteiger charge is -2.21. The van der Waals surface area contributed by atoms with Crippen molar-refractivity contribution in [2.24, 2.45) is 0 Å². The highest BCUT2D eigenvalue weighted by atomic mass is 16.5. The quantitative estimate of drug-likeness (QED) is 0.835. The average molecular weight is 327 g/mol. The van der Waals surface area contributed by atoms with Crippen LogP contribution in [-0.4, -0.2) is 19.1 Å². The largest absolute Gasteiger partial charge is 0.496 e. The van der Waals surface area contributed by atoms with Crippen LogP contribution in [-0.2, 0) is 4.79 Å². The van der Waals surface area contributed by atoms with Gasteiger partial charge in [-0.15, -0.1) is 0 Å². The first-order valence-electron chi connectivity index (χ1n) is 8.21. The highest BCUT2D eigenvalue weighted by molar-refractivity contribution is 5.81. The topological polar surface area (TPSA) is 47.6 Å². The fourth-order valence-corrected chi connectivity index (χ4v) is 2.59. The fraction of sp³-hybridized carbons (Fsp3) is 0.350. The van der Waals surface area contributed by atoms with Crippen molar-refractivity contribution in [1.29, 1.82) is 0 Å². The van der Waals surface area contributed by atoms with E-state index in [1.54, 1.807) is 14.0 Å². The van der Waals surface area contributed by atoms with Crippen LogP contribution in [0.15, 0.2) is 48.5 Å². The summed E-state index contributed by atoms with van der Waals surface area (Å²) < 4.78 is 11.0. The molecule has 1 N–H and O–H groups in total. The number of nitrogens with one attached hydrogen (secondary N) is 1. The number of amides is 1. The lowest BCUT2D eigenvalue weighted by Crippen LogP contribution is -2.38. The Bertz CT molecular complexity index is 670. The Balaban J connectivity index is 2.03. The van der Waals surface area contributed by atoms with Crippen LogP contribution >= 0.6 is 0 Å². The van der Waals surface area contributed by atoms with Gasteiger partial charge in [0, 0.05) is 0 Å². The van der Waals surface area contributed by atoms with Crippen LogP contribution in [0.3, 0.4) is 0 Å². The van der Waals surface area contributed by atoms with Crippen LogP contribution in [0.2, 0.25) is 0 Å². The van der Waals surface area contributed by atoms with Crippen molar-refractivity contribution in [3.05, 3.63) is 59.7 Å². The van der Waals surface area contributed by atoms with E-state index in [2.05, 4.69) is 11.4 Å². The second kappa shape index (κ2) is 8.39. The third kappa shape index (κ3) is 4.51. The van der Waals surface area contributed by atoms with E-state index in [0.717, 1.165) is 23.3 Å². The predicted molar refractivity (Wildman–Crippen MR) is 95.4 cm³/mol. The number of rotatable bonds is 7. The molecule has 2 rings (SSSR count). The minimum Gasteiger partial charge on any atom is -0.496 e. The summed E-state index contributed by atoms with van der Waals surface area (Å²) in [6.07, 6.45) is 0.246. The summed E-state index contributed by atoms with van der Waals surface area (Å²) in [7, 11) is 1.66. The molecule has 0 fully saturated rings. The molecule has 0 aliphatic carbocycles. The molecule has 2 aromatic rings. The summed E-state index contributed by atoms with van der Waals surface area (Å²) in [5.41, 5.74) is 2.12. The Hall–Kier alpha value is -2.49. The number of aryl methyl sites for hydroxylation is 1. The Morgan fingerprint density at radius 1 is 1.17 bits per heavy atom. The maximum Gasteiger partial charge on any atom is 0.261 e. The zero-order valence-electron chi connectivity index (χ0n) is 14.7. The van der Waals surface area contributed by atoms with Crippen LogP contribution in [0.5, 0.6) is 11.5 Å². The molecule has 0 radical (unpaired) electrons. The van der Waals surface area contributed by atoms with Gasteiger partial charge in [0.05, 0.1) is 13.2 Å². The van der Waals surface area contributed by atoms with Crippen molar-refractivity contribution in [3.8, 4) is 11.5 Å². The molecule has 4 nitrogen and oxygen atoms in total. The predicted octanol–water partition coefficient (Wildman–Crippen LogP) is 4.04. The summed E-state index contributed by atoms with van der Waals surface area (Å²) in [6.45, 7) is 5.81. The molecule has 0 aromatic heterocycles. The molecule has 24 heavy (non-hydrogen) atoms. The fourth-order valence-electron chi connectivity index (χ4n) is 2.59. The molecule has 0 saturated carbocycles. The minimum absolute atomic E-state index is 0.0519. The molecular formula is C20H25NO3. The highest BCUT2D eigenvalue weighted by Crippen LogP contribution is 2.24. The number of carbonyl (C=O) groups is 1. The van der Waals surface area contributed by atoms with Crippen LogP contribution < -0.4 is 14.8 Å². The minimum atomic E-state index is -0.555. The van der Waals surface area contributed by atoms with Crippen LogP contribution in [0.4, 0.5) is 0 Å². The molecular weight excluding hydrogens is 302 g/mol. The molecule has 0 unspecified atom stereocenters. The second-order valence-electron chi connectivity index (χ2n) is 5.77. The van der Waals surface area contributed by atoms with E-state index in [0.29, 0.717) is 5.75 Å². The van der Waals surface area contributed by atoms with Crippen molar-refractivity contribution in [1.82, 2.24) is 5.32 Å². The molecule has 2 atom stereocenters. The number of para-hydroxylation sites is 1. The van der Waals surface area contributed by atoms with Crippen LogP contribution in [0.1, 0.15) is 37.4 Å². The lowest BCUT2D eigenvalue weighted by molar-refractivity contribution is -0.128. The SMILES string of the molecule is CC[C@@H](NC(=O)[C@H](C)Oc1ccccc1)c1ccc(OC)c(C)c1. The zero-order valence-corrected chi connectivity index (χ0v) is 14.7. The standard InChI is InChI=1S/C20H25NO3/c1-5-18(16-11-12-19(23-4)14(2)13-16)21-20(22)15(3)24-17-9-7-6-8-10-17/h6-13,15,18H,5H2,1-4H3,(H,21,22)/t15-,18+/m0/s1. The first-order valence-corrected chi connectivity index (χ1v) is 8.21. The van der Waals surface area contributed by atoms with Gasteiger partial charge >= 0.3 is 0 Å². The van der Waals surface area contributed by atoms with E-state index < -0.39 is 6.10 Å². The average Bonchev–Trinajstić information content (AvgIpc) is 2.60. The Kier molecular flexibility index (Phi) is 6.24. The molecule has 0 spiro atoms. The first-order chi connectivity index (χ1) is 11.5. The lowest BCUT2D eigenvalue weighted by atomic mass is 10.0. The van der Waals surface area contributed by atoms with Gasteiger partial charge in [0.2, 0.25) is 0 Å². The van der Waals surface area contributed by atoms with Crippen molar-refractivity contribution >= 4 is 5.91 Å². The maximum atomic E-state index is 12.4. The molecule has 128 valence electrons. The third-order valence-electron chi connectivity index (χ3n) is 3.97. The van der Waals surface area contributed by atoms with Gasteiger partial charge in [-0.25, -0.2) is 0 Å². The molecule has 1 amide bonds. The van der Waals surface area contributed by atoms with Gasteiger partial charge in [0.15, 0.2) is 6.10 Å². The van der Waals surface area contributed by atoms with Crippen molar-refractivity contribution in [3.63, 3.8) is 0 Å². The van der Waals surface area contributed by atoms with E-state index in [1.807, 2.05) is 56.3 Å². The van der Waals surface area contributed by atoms with Gasteiger partial charge in [-0.1, -0.05) is 37.3 Å². The zero-order chi connectivity index (χ0) is 17.5. The summed E-state index contributed by atoms with van der Waals surface area (Å²) in [4.78, 5) is 12.4. The van der Waals surface area contributed by atoms with E-state index in [4.69, 9.17) is 9.47 Å². The molecule has 0 aliphatic rings. The number of methoxy groups -OCH3 is 1. The first kappa shape index (κ1) is 17.9. The summed E-state index contributed by atoms with van der Waals surface area (Å²) >= 11 is 0. The Labute approximate surface area is 143 Å². The molecule has 0 aliphatic heterocycles. The molecule has 0 heterocycles. The van der Waals surface area contributed by atoms with E-state index in [1.165, 1.54) is 0 Å². The molecule has 0 saturated heterocycles. The van der Waals surface area contributed by atoms with Gasteiger partial charge in [-0.3, -0.25) is 4.79 Å². The normalized spacial score (nSPS) is 13.0. The van der Waals surface area contributed by atoms with Gasteiger partial charge in [-0.05, 0) is 49.6 Å². The number of carbonyl (C=O) groups excluding carboxylic acids is 1. The van der Waals surface area contributed by atoms with E-state index in [9.17, 15) is 4.79 Å². The smallest absolute Gasteiger partial charge is 0.261 e. The van der Waals surface area contributed by atoms with Gasteiger partial charge in [0.1, 0.15) is 11.5 Å². The number of hydrogen-bond donors (Lipinski definition) is 1. The second-order valence-corrected chi connectivity index (χ2v) is 5.77. The van der Waals surface area contributed by atoms with Crippen LogP contribution in [0.25, 0.3) is 0 Å². The van der Waals surface area contributed by atoms with Gasteiger partial charge in [-0.2, -0.15) is 0 Å². The molecule has 4 heteroatoms. The van der Waals surface area contributed by atoms with Crippen molar-refractivity contribution < 1.29 is 14.3 Å². The summed E-state index contributed by atoms with van der Waals surface area (Å²) in [6, 6.07) is 15.3. The van der Waals surface area contributed by atoms with Crippen molar-refractivity contribution in [2.75, 3.05) is 7.11 Å². The monoisotopic (exact) mass is 327 g/mol. The van der Waals surface area contributed by atoms with Crippen LogP contribution in [0, 0.1) is 6.92 Å². The Morgan fingerprint density at radius 3 is 2.46 bits per heavy atom. The highest BCUT2D eigenvalue weighted by Gasteiger charge is 2.19. The van der Waals surface area contributed by atoms with Gasteiger partial charge < -0.3 is 14.8 Å². The molecule has 0 bridgehead atoms. The summed E-state index contributed by atoms with van der Waals surface area (Å²) in [5.74, 6) is 1.41. The van der Waals surface area contributed by atoms with Gasteiger partial charge in [0.25, 0.3) is 5.91 Å². The third-order valence-corrected chi connectivity index (χ3v) is 3.97. The number of benzene rings is 2. The maximum absolute atomic E-state index is 12.4. The summed E-state index contributed by atoms with van der Waals surface area (Å²) in [5, 5.41) is 3.06.